The van der Waals surface area contributed by atoms with Gasteiger partial charge in [0, 0.05) is 24.1 Å². The van der Waals surface area contributed by atoms with Gasteiger partial charge >= 0.3 is 0 Å². The van der Waals surface area contributed by atoms with Gasteiger partial charge in [0.1, 0.15) is 5.82 Å². The van der Waals surface area contributed by atoms with E-state index in [4.69, 9.17) is 5.73 Å². The van der Waals surface area contributed by atoms with Gasteiger partial charge < -0.3 is 15.5 Å². The molecule has 1 aliphatic heterocycles. The summed E-state index contributed by atoms with van der Waals surface area (Å²) in [7, 11) is 0. The van der Waals surface area contributed by atoms with Crippen LogP contribution in [0.1, 0.15) is 23.7 Å². The van der Waals surface area contributed by atoms with Crippen molar-refractivity contribution < 1.29 is 9.18 Å². The second kappa shape index (κ2) is 6.54. The number of primary amides is 1. The predicted octanol–water partition coefficient (Wildman–Crippen LogP) is 2.22. The normalized spacial score (nSPS) is 17.1. The molecule has 110 valence electrons. The summed E-state index contributed by atoms with van der Waals surface area (Å²) in [5, 5.41) is 0. The Bertz CT molecular complexity index is 509. The lowest BCUT2D eigenvalue weighted by molar-refractivity contribution is 0.0997. The van der Waals surface area contributed by atoms with Crippen LogP contribution in [0.15, 0.2) is 16.6 Å². The van der Waals surface area contributed by atoms with Crippen molar-refractivity contribution in [2.75, 3.05) is 37.6 Å². The van der Waals surface area contributed by atoms with Gasteiger partial charge in [-0.25, -0.2) is 4.39 Å². The topological polar surface area (TPSA) is 49.6 Å². The number of likely N-dealkylation sites (N-methyl/N-ethyl adjacent to an activating group) is 1. The van der Waals surface area contributed by atoms with E-state index in [1.807, 2.05) is 4.90 Å². The maximum absolute atomic E-state index is 14.0. The summed E-state index contributed by atoms with van der Waals surface area (Å²) < 4.78 is 14.6. The fraction of sp³-hybridized carbons (Fsp3) is 0.500. The van der Waals surface area contributed by atoms with Gasteiger partial charge in [0.05, 0.1) is 11.3 Å². The molecule has 0 atom stereocenters. The van der Waals surface area contributed by atoms with E-state index >= 15 is 0 Å². The molecule has 1 aromatic carbocycles. The van der Waals surface area contributed by atoms with Crippen LogP contribution in [0.2, 0.25) is 0 Å². The van der Waals surface area contributed by atoms with Crippen LogP contribution in [0.4, 0.5) is 10.1 Å². The molecule has 0 unspecified atom stereocenters. The van der Waals surface area contributed by atoms with E-state index in [-0.39, 0.29) is 5.56 Å². The van der Waals surface area contributed by atoms with Crippen molar-refractivity contribution in [3.05, 3.63) is 28.0 Å². The number of amides is 1. The molecule has 2 rings (SSSR count). The molecule has 1 fully saturated rings. The first-order valence-corrected chi connectivity index (χ1v) is 7.58. The molecule has 2 N–H and O–H groups in total. The van der Waals surface area contributed by atoms with Crippen LogP contribution in [0.5, 0.6) is 0 Å². The van der Waals surface area contributed by atoms with E-state index in [1.54, 1.807) is 6.07 Å². The summed E-state index contributed by atoms with van der Waals surface area (Å²) in [5.74, 6) is -1.29. The fourth-order valence-corrected chi connectivity index (χ4v) is 3.00. The number of nitrogens with zero attached hydrogens (tertiary/aromatic N) is 2. The SMILES string of the molecule is CCN1CCCN(c2cc(Br)cc(F)c2C(N)=O)CC1. The average molecular weight is 344 g/mol. The van der Waals surface area contributed by atoms with Gasteiger partial charge in [0.2, 0.25) is 0 Å². The summed E-state index contributed by atoms with van der Waals surface area (Å²) >= 11 is 3.28. The fourth-order valence-electron chi connectivity index (χ4n) is 2.58. The molecule has 1 aromatic rings. The number of rotatable bonds is 3. The van der Waals surface area contributed by atoms with E-state index < -0.39 is 11.7 Å². The summed E-state index contributed by atoms with van der Waals surface area (Å²) in [5.41, 5.74) is 5.90. The predicted molar refractivity (Wildman–Crippen MR) is 81.6 cm³/mol. The molecule has 0 bridgehead atoms. The Hall–Kier alpha value is -1.14. The van der Waals surface area contributed by atoms with E-state index in [2.05, 4.69) is 27.8 Å². The van der Waals surface area contributed by atoms with Crippen LogP contribution in [0, 0.1) is 5.82 Å². The summed E-state index contributed by atoms with van der Waals surface area (Å²) in [6, 6.07) is 3.05. The van der Waals surface area contributed by atoms with E-state index in [9.17, 15) is 9.18 Å². The maximum atomic E-state index is 14.0. The van der Waals surface area contributed by atoms with Crippen LogP contribution in [-0.4, -0.2) is 43.5 Å². The molecule has 1 aliphatic rings. The van der Waals surface area contributed by atoms with Gasteiger partial charge in [-0.15, -0.1) is 0 Å². The van der Waals surface area contributed by atoms with Crippen molar-refractivity contribution in [3.63, 3.8) is 0 Å². The number of hydrogen-bond donors (Lipinski definition) is 1. The van der Waals surface area contributed by atoms with Crippen LogP contribution >= 0.6 is 15.9 Å². The number of anilines is 1. The zero-order chi connectivity index (χ0) is 14.7. The zero-order valence-corrected chi connectivity index (χ0v) is 13.1. The van der Waals surface area contributed by atoms with Crippen molar-refractivity contribution in [2.45, 2.75) is 13.3 Å². The Morgan fingerprint density at radius 1 is 1.35 bits per heavy atom. The summed E-state index contributed by atoms with van der Waals surface area (Å²) in [6.07, 6.45) is 0.986. The van der Waals surface area contributed by atoms with Crippen LogP contribution in [0.3, 0.4) is 0 Å². The molecule has 1 saturated heterocycles. The first-order chi connectivity index (χ1) is 9.52. The van der Waals surface area contributed by atoms with Crippen LogP contribution in [-0.2, 0) is 0 Å². The first-order valence-electron chi connectivity index (χ1n) is 6.79. The van der Waals surface area contributed by atoms with Crippen molar-refractivity contribution in [1.82, 2.24) is 4.90 Å². The molecule has 0 aromatic heterocycles. The van der Waals surface area contributed by atoms with Crippen molar-refractivity contribution in [3.8, 4) is 0 Å². The number of carbonyl (C=O) groups is 1. The van der Waals surface area contributed by atoms with Crippen molar-refractivity contribution in [2.24, 2.45) is 5.73 Å². The van der Waals surface area contributed by atoms with Gasteiger partial charge in [-0.2, -0.15) is 0 Å². The van der Waals surface area contributed by atoms with Gasteiger partial charge in [0.25, 0.3) is 5.91 Å². The second-order valence-electron chi connectivity index (χ2n) is 4.92. The lowest BCUT2D eigenvalue weighted by Crippen LogP contribution is -2.32. The molecule has 20 heavy (non-hydrogen) atoms. The smallest absolute Gasteiger partial charge is 0.253 e. The minimum atomic E-state index is -0.721. The van der Waals surface area contributed by atoms with Gasteiger partial charge in [-0.05, 0) is 31.6 Å². The highest BCUT2D eigenvalue weighted by Crippen LogP contribution is 2.28. The number of carbonyl (C=O) groups excluding carboxylic acids is 1. The minimum absolute atomic E-state index is 0.0156. The van der Waals surface area contributed by atoms with Gasteiger partial charge in [0.15, 0.2) is 0 Å². The molecule has 0 saturated carbocycles. The monoisotopic (exact) mass is 343 g/mol. The number of halogens is 2. The number of nitrogens with two attached hydrogens (primary N) is 1. The number of hydrogen-bond acceptors (Lipinski definition) is 3. The lowest BCUT2D eigenvalue weighted by atomic mass is 10.1. The lowest BCUT2D eigenvalue weighted by Gasteiger charge is -2.25. The largest absolute Gasteiger partial charge is 0.369 e. The third-order valence-electron chi connectivity index (χ3n) is 3.66. The van der Waals surface area contributed by atoms with Crippen LogP contribution < -0.4 is 10.6 Å². The molecule has 6 heteroatoms. The summed E-state index contributed by atoms with van der Waals surface area (Å²) in [6.45, 7) is 6.63. The molecule has 1 amide bonds. The molecule has 0 spiro atoms. The van der Waals surface area contributed by atoms with E-state index in [1.165, 1.54) is 6.07 Å². The molecule has 4 nitrogen and oxygen atoms in total. The molecule has 0 aliphatic carbocycles. The second-order valence-corrected chi connectivity index (χ2v) is 5.84. The highest BCUT2D eigenvalue weighted by molar-refractivity contribution is 9.10. The van der Waals surface area contributed by atoms with E-state index in [0.29, 0.717) is 10.2 Å². The van der Waals surface area contributed by atoms with Crippen molar-refractivity contribution >= 4 is 27.5 Å². The first kappa shape index (κ1) is 15.3. The molecule has 0 radical (unpaired) electrons. The minimum Gasteiger partial charge on any atom is -0.369 e. The van der Waals surface area contributed by atoms with Crippen LogP contribution in [0.25, 0.3) is 0 Å². The third-order valence-corrected chi connectivity index (χ3v) is 4.11. The zero-order valence-electron chi connectivity index (χ0n) is 11.5. The van der Waals surface area contributed by atoms with Crippen molar-refractivity contribution in [1.29, 1.82) is 0 Å². The quantitative estimate of drug-likeness (QED) is 0.915. The molecular formula is C14H19BrFN3O. The maximum Gasteiger partial charge on any atom is 0.253 e. The number of benzene rings is 1. The Kier molecular flexibility index (Phi) is 4.99. The molecule has 1 heterocycles. The Labute approximate surface area is 126 Å². The van der Waals surface area contributed by atoms with Gasteiger partial charge in [-0.3, -0.25) is 4.79 Å². The van der Waals surface area contributed by atoms with Gasteiger partial charge in [-0.1, -0.05) is 22.9 Å². The molecular weight excluding hydrogens is 325 g/mol. The third kappa shape index (κ3) is 3.30. The van der Waals surface area contributed by atoms with E-state index in [0.717, 1.165) is 39.1 Å². The Morgan fingerprint density at radius 3 is 2.75 bits per heavy atom. The Morgan fingerprint density at radius 2 is 2.10 bits per heavy atom. The average Bonchev–Trinajstić information content (AvgIpc) is 2.62. The Balaban J connectivity index is 2.34. The highest BCUT2D eigenvalue weighted by Gasteiger charge is 2.22. The highest BCUT2D eigenvalue weighted by atomic mass is 79.9. The standard InChI is InChI=1S/C14H19BrFN3O/c1-2-18-4-3-5-19(7-6-18)12-9-10(15)8-11(16)13(12)14(17)20/h8-9H,2-7H2,1H3,(H2,17,20). The summed E-state index contributed by atoms with van der Waals surface area (Å²) in [4.78, 5) is 15.9.